The Bertz CT molecular complexity index is 1240. The van der Waals surface area contributed by atoms with E-state index in [1.165, 1.54) is 0 Å². The summed E-state index contributed by atoms with van der Waals surface area (Å²) in [5.74, 6) is -0.413. The van der Waals surface area contributed by atoms with E-state index in [1.807, 2.05) is 31.2 Å². The molecule has 0 radical (unpaired) electrons. The number of aromatic nitrogens is 1. The Kier molecular flexibility index (Phi) is 7.21. The van der Waals surface area contributed by atoms with Crippen LogP contribution in [0.25, 0.3) is 10.9 Å². The normalized spacial score (nSPS) is 14.9. The summed E-state index contributed by atoms with van der Waals surface area (Å²) in [7, 11) is 0. The number of carbonyl (C=O) groups is 2. The van der Waals surface area contributed by atoms with Crippen molar-refractivity contribution in [3.63, 3.8) is 0 Å². The lowest BCUT2D eigenvalue weighted by Crippen LogP contribution is -2.47. The van der Waals surface area contributed by atoms with Gasteiger partial charge in [0.2, 0.25) is 5.91 Å². The number of carbonyl (C=O) groups excluding carboxylic acids is 2. The highest BCUT2D eigenvalue weighted by Gasteiger charge is 2.25. The monoisotopic (exact) mass is 474 g/mol. The van der Waals surface area contributed by atoms with Gasteiger partial charge in [0.25, 0.3) is 5.91 Å². The number of hydrogen-bond donors (Lipinski definition) is 4. The molecule has 0 atom stereocenters. The summed E-state index contributed by atoms with van der Waals surface area (Å²) in [6.45, 7) is 8.35. The highest BCUT2D eigenvalue weighted by Crippen LogP contribution is 2.24. The van der Waals surface area contributed by atoms with E-state index in [-0.39, 0.29) is 30.2 Å². The van der Waals surface area contributed by atoms with E-state index < -0.39 is 0 Å². The van der Waals surface area contributed by atoms with E-state index in [1.54, 1.807) is 28.8 Å². The van der Waals surface area contributed by atoms with Gasteiger partial charge in [0, 0.05) is 47.3 Å². The summed E-state index contributed by atoms with van der Waals surface area (Å²) in [6, 6.07) is 15.2. The quantitative estimate of drug-likeness (QED) is 0.310. The maximum atomic E-state index is 13.4. The summed E-state index contributed by atoms with van der Waals surface area (Å²) in [5, 5.41) is 14.6. The van der Waals surface area contributed by atoms with Crippen molar-refractivity contribution in [3.8, 4) is 0 Å². The number of aryl methyl sites for hydroxylation is 1. The molecular weight excluding hydrogens is 440 g/mol. The van der Waals surface area contributed by atoms with Gasteiger partial charge in [-0.05, 0) is 75.6 Å². The zero-order valence-corrected chi connectivity index (χ0v) is 20.6. The van der Waals surface area contributed by atoms with Crippen LogP contribution in [0.5, 0.6) is 0 Å². The van der Waals surface area contributed by atoms with Gasteiger partial charge < -0.3 is 25.8 Å². The summed E-state index contributed by atoms with van der Waals surface area (Å²) in [4.78, 5) is 28.7. The van der Waals surface area contributed by atoms with Crippen LogP contribution in [0.2, 0.25) is 0 Å². The van der Waals surface area contributed by atoms with Crippen LogP contribution in [-0.2, 0) is 11.3 Å². The number of nitrogens with one attached hydrogen (secondary N) is 3. The van der Waals surface area contributed by atoms with Crippen molar-refractivity contribution in [2.75, 3.05) is 18.4 Å². The second kappa shape index (κ2) is 10.3. The Balaban J connectivity index is 1.53. The lowest BCUT2D eigenvalue weighted by molar-refractivity contribution is -0.116. The number of rotatable bonds is 7. The number of amidine groups is 1. The molecule has 1 saturated heterocycles. The summed E-state index contributed by atoms with van der Waals surface area (Å²) >= 11 is 0. The Morgan fingerprint density at radius 1 is 1.11 bits per heavy atom. The third kappa shape index (κ3) is 5.54. The lowest BCUT2D eigenvalue weighted by Gasteiger charge is -2.34. The van der Waals surface area contributed by atoms with Crippen LogP contribution in [0.4, 0.5) is 5.69 Å². The predicted octanol–water partition coefficient (Wildman–Crippen LogP) is 3.48. The second-order valence-electron chi connectivity index (χ2n) is 9.54. The van der Waals surface area contributed by atoms with Gasteiger partial charge in [0.15, 0.2) is 0 Å². The van der Waals surface area contributed by atoms with Crippen LogP contribution in [0.15, 0.2) is 48.5 Å². The smallest absolute Gasteiger partial charge is 0.268 e. The number of fused-ring (bicyclic) bond motifs is 1. The van der Waals surface area contributed by atoms with Crippen LogP contribution < -0.4 is 16.4 Å². The molecule has 2 amide bonds. The number of benzene rings is 2. The van der Waals surface area contributed by atoms with E-state index in [4.69, 9.17) is 11.1 Å². The van der Waals surface area contributed by atoms with Crippen molar-refractivity contribution in [1.82, 2.24) is 14.8 Å². The first-order chi connectivity index (χ1) is 16.7. The van der Waals surface area contributed by atoms with E-state index in [0.717, 1.165) is 42.4 Å². The molecule has 35 heavy (non-hydrogen) atoms. The number of amides is 2. The van der Waals surface area contributed by atoms with Gasteiger partial charge in [-0.1, -0.05) is 12.1 Å². The van der Waals surface area contributed by atoms with Crippen molar-refractivity contribution in [1.29, 1.82) is 5.41 Å². The van der Waals surface area contributed by atoms with Crippen LogP contribution in [0.3, 0.4) is 0 Å². The van der Waals surface area contributed by atoms with Crippen LogP contribution in [-0.4, -0.2) is 52.3 Å². The number of piperidine rings is 1. The van der Waals surface area contributed by atoms with Crippen molar-refractivity contribution in [3.05, 3.63) is 65.4 Å². The number of nitrogen functional groups attached to an aromatic ring is 1. The van der Waals surface area contributed by atoms with Crippen molar-refractivity contribution in [2.24, 2.45) is 5.73 Å². The minimum atomic E-state index is -0.237. The van der Waals surface area contributed by atoms with Crippen LogP contribution in [0, 0.1) is 12.3 Å². The summed E-state index contributed by atoms with van der Waals surface area (Å²) < 4.78 is 1.79. The first-order valence-corrected chi connectivity index (χ1v) is 12.1. The minimum absolute atomic E-state index is 0.00988. The topological polar surface area (TPSA) is 116 Å². The Morgan fingerprint density at radius 3 is 2.43 bits per heavy atom. The molecule has 8 heteroatoms. The molecule has 0 saturated carbocycles. The van der Waals surface area contributed by atoms with Crippen LogP contribution >= 0.6 is 0 Å². The van der Waals surface area contributed by atoms with E-state index in [9.17, 15) is 9.59 Å². The molecule has 2 heterocycles. The molecule has 4 rings (SSSR count). The Labute approximate surface area is 206 Å². The number of likely N-dealkylation sites (tertiary alicyclic amines) is 1. The minimum Gasteiger partial charge on any atom is -0.384 e. The first kappa shape index (κ1) is 24.5. The Morgan fingerprint density at radius 2 is 1.80 bits per heavy atom. The first-order valence-electron chi connectivity index (χ1n) is 12.1. The van der Waals surface area contributed by atoms with Crippen molar-refractivity contribution < 1.29 is 9.59 Å². The molecule has 184 valence electrons. The molecule has 1 aromatic heterocycles. The molecule has 5 N–H and O–H groups in total. The molecule has 1 fully saturated rings. The van der Waals surface area contributed by atoms with Gasteiger partial charge in [-0.3, -0.25) is 15.0 Å². The largest absolute Gasteiger partial charge is 0.384 e. The average Bonchev–Trinajstić information content (AvgIpc) is 3.19. The highest BCUT2D eigenvalue weighted by atomic mass is 16.2. The Hall–Kier alpha value is -3.65. The average molecular weight is 475 g/mol. The maximum Gasteiger partial charge on any atom is 0.268 e. The van der Waals surface area contributed by atoms with Gasteiger partial charge >= 0.3 is 0 Å². The number of anilines is 1. The number of hydrogen-bond acceptors (Lipinski definition) is 4. The molecule has 8 nitrogen and oxygen atoms in total. The lowest BCUT2D eigenvalue weighted by atomic mass is 10.0. The molecule has 3 aromatic rings. The summed E-state index contributed by atoms with van der Waals surface area (Å²) in [5.41, 5.74) is 9.10. The zero-order valence-electron chi connectivity index (χ0n) is 20.6. The third-order valence-electron chi connectivity index (χ3n) is 6.77. The fraction of sp³-hybridized carbons (Fsp3) is 0.370. The molecule has 0 unspecified atom stereocenters. The molecule has 0 spiro atoms. The van der Waals surface area contributed by atoms with E-state index in [2.05, 4.69) is 29.4 Å². The molecule has 1 aliphatic rings. The third-order valence-corrected chi connectivity index (χ3v) is 6.77. The molecule has 1 aliphatic heterocycles. The van der Waals surface area contributed by atoms with Gasteiger partial charge in [-0.2, -0.15) is 0 Å². The molecular formula is C27H34N6O2. The van der Waals surface area contributed by atoms with E-state index >= 15 is 0 Å². The second-order valence-corrected chi connectivity index (χ2v) is 9.54. The fourth-order valence-corrected chi connectivity index (χ4v) is 4.69. The number of nitrogens with two attached hydrogens (primary N) is 1. The van der Waals surface area contributed by atoms with E-state index in [0.29, 0.717) is 23.0 Å². The SMILES string of the molecule is Cc1cccc2c1cc(C(=O)NC1CCN(C(C)C)CC1)n2CC(=O)Nc1ccc(C(=N)N)cc1. The van der Waals surface area contributed by atoms with Crippen molar-refractivity contribution in [2.45, 2.75) is 52.2 Å². The van der Waals surface area contributed by atoms with Gasteiger partial charge in [-0.15, -0.1) is 0 Å². The maximum absolute atomic E-state index is 13.4. The van der Waals surface area contributed by atoms with Gasteiger partial charge in [0.1, 0.15) is 18.1 Å². The summed E-state index contributed by atoms with van der Waals surface area (Å²) in [6.07, 6.45) is 1.83. The molecule has 2 aromatic carbocycles. The predicted molar refractivity (Wildman–Crippen MR) is 140 cm³/mol. The fourth-order valence-electron chi connectivity index (χ4n) is 4.69. The van der Waals surface area contributed by atoms with Crippen LogP contribution in [0.1, 0.15) is 48.3 Å². The highest BCUT2D eigenvalue weighted by molar-refractivity contribution is 6.01. The van der Waals surface area contributed by atoms with Gasteiger partial charge in [-0.25, -0.2) is 0 Å². The number of nitrogens with zero attached hydrogens (tertiary/aromatic N) is 2. The van der Waals surface area contributed by atoms with Crippen molar-refractivity contribution >= 4 is 34.2 Å². The van der Waals surface area contributed by atoms with Gasteiger partial charge in [0.05, 0.1) is 0 Å². The molecule has 0 bridgehead atoms. The molecule has 0 aliphatic carbocycles. The standard InChI is InChI=1S/C27H34N6O2/c1-17(2)32-13-11-21(12-14-32)31-27(35)24-15-22-18(3)5-4-6-23(22)33(24)16-25(34)30-20-9-7-19(8-10-20)26(28)29/h4-10,15,17,21H,11-14,16H2,1-3H3,(H3,28,29)(H,30,34)(H,31,35). The zero-order chi connectivity index (χ0) is 25.1.